The predicted octanol–water partition coefficient (Wildman–Crippen LogP) is 2.48. The van der Waals surface area contributed by atoms with Crippen LogP contribution in [-0.2, 0) is 0 Å². The van der Waals surface area contributed by atoms with Crippen LogP contribution in [0.2, 0.25) is 0 Å². The summed E-state index contributed by atoms with van der Waals surface area (Å²) in [6, 6.07) is 10.4. The van der Waals surface area contributed by atoms with Crippen molar-refractivity contribution in [2.75, 3.05) is 16.8 Å². The lowest BCUT2D eigenvalue weighted by molar-refractivity contribution is 0.813. The highest BCUT2D eigenvalue weighted by Gasteiger charge is 2.14. The Morgan fingerprint density at radius 2 is 2.14 bits per heavy atom. The van der Waals surface area contributed by atoms with Crippen molar-refractivity contribution in [1.29, 1.82) is 5.26 Å². The number of hydrogen-bond donors (Lipinski definition) is 1. The van der Waals surface area contributed by atoms with E-state index in [0.717, 1.165) is 11.3 Å². The molecule has 14 heavy (non-hydrogen) atoms. The van der Waals surface area contributed by atoms with Gasteiger partial charge in [-0.3, -0.25) is 0 Å². The summed E-state index contributed by atoms with van der Waals surface area (Å²) in [5, 5.41) is 12.1. The molecule has 1 aliphatic heterocycles. The first-order valence-electron chi connectivity index (χ1n) is 4.73. The largest absolute Gasteiger partial charge is 0.381 e. The number of benzene rings is 1. The number of anilines is 1. The van der Waals surface area contributed by atoms with Gasteiger partial charge in [0.2, 0.25) is 0 Å². The molecule has 1 heterocycles. The topological polar surface area (TPSA) is 35.8 Å². The zero-order valence-corrected chi connectivity index (χ0v) is 8.68. The van der Waals surface area contributed by atoms with E-state index in [9.17, 15) is 0 Å². The number of nitriles is 1. The Hall–Kier alpha value is -1.14. The zero-order valence-electron chi connectivity index (χ0n) is 7.86. The molecule has 1 N–H and O–H groups in total. The van der Waals surface area contributed by atoms with Gasteiger partial charge in [-0.1, -0.05) is 0 Å². The van der Waals surface area contributed by atoms with E-state index in [-0.39, 0.29) is 0 Å². The van der Waals surface area contributed by atoms with Gasteiger partial charge in [-0.05, 0) is 36.4 Å². The quantitative estimate of drug-likeness (QED) is 0.804. The zero-order chi connectivity index (χ0) is 9.80. The van der Waals surface area contributed by atoms with Crippen LogP contribution in [0.3, 0.4) is 0 Å². The van der Waals surface area contributed by atoms with Gasteiger partial charge in [0.15, 0.2) is 0 Å². The highest BCUT2D eigenvalue weighted by Crippen LogP contribution is 2.21. The third kappa shape index (κ3) is 2.21. The minimum absolute atomic E-state index is 0.605. The van der Waals surface area contributed by atoms with Crippen LogP contribution in [0.1, 0.15) is 12.0 Å². The lowest BCUT2D eigenvalue weighted by Gasteiger charge is -2.12. The van der Waals surface area contributed by atoms with Crippen LogP contribution in [0, 0.1) is 11.3 Å². The van der Waals surface area contributed by atoms with Crippen molar-refractivity contribution >= 4 is 17.4 Å². The highest BCUT2D eigenvalue weighted by atomic mass is 32.2. The second-order valence-corrected chi connectivity index (χ2v) is 4.54. The average Bonchev–Trinajstić information content (AvgIpc) is 2.72. The summed E-state index contributed by atoms with van der Waals surface area (Å²) in [4.78, 5) is 0. The van der Waals surface area contributed by atoms with Crippen LogP contribution in [0.4, 0.5) is 5.69 Å². The smallest absolute Gasteiger partial charge is 0.0991 e. The molecule has 0 spiro atoms. The van der Waals surface area contributed by atoms with E-state index < -0.39 is 0 Å². The van der Waals surface area contributed by atoms with Gasteiger partial charge in [0.1, 0.15) is 0 Å². The van der Waals surface area contributed by atoms with Crippen molar-refractivity contribution in [3.63, 3.8) is 0 Å². The summed E-state index contributed by atoms with van der Waals surface area (Å²) < 4.78 is 0. The minimum Gasteiger partial charge on any atom is -0.381 e. The molecular formula is C11H12N2S. The lowest BCUT2D eigenvalue weighted by Crippen LogP contribution is -2.17. The molecule has 1 atom stereocenters. The molecule has 1 saturated heterocycles. The van der Waals surface area contributed by atoms with Crippen molar-refractivity contribution < 1.29 is 0 Å². The average molecular weight is 204 g/mol. The molecule has 3 heteroatoms. The van der Waals surface area contributed by atoms with E-state index in [2.05, 4.69) is 11.4 Å². The van der Waals surface area contributed by atoms with Crippen LogP contribution >= 0.6 is 11.8 Å². The molecule has 0 saturated carbocycles. The monoisotopic (exact) mass is 204 g/mol. The highest BCUT2D eigenvalue weighted by molar-refractivity contribution is 7.99. The molecule has 2 nitrogen and oxygen atoms in total. The van der Waals surface area contributed by atoms with E-state index in [0.29, 0.717) is 6.04 Å². The van der Waals surface area contributed by atoms with Gasteiger partial charge in [-0.25, -0.2) is 0 Å². The summed E-state index contributed by atoms with van der Waals surface area (Å²) in [6.45, 7) is 0. The Labute approximate surface area is 88.3 Å². The number of hydrogen-bond acceptors (Lipinski definition) is 3. The van der Waals surface area contributed by atoms with Gasteiger partial charge in [-0.15, -0.1) is 0 Å². The van der Waals surface area contributed by atoms with Gasteiger partial charge < -0.3 is 5.32 Å². The molecule has 1 aliphatic rings. The second kappa shape index (κ2) is 4.39. The molecule has 1 aromatic carbocycles. The Balaban J connectivity index is 1.99. The van der Waals surface area contributed by atoms with Crippen LogP contribution in [0.5, 0.6) is 0 Å². The van der Waals surface area contributed by atoms with Crippen molar-refractivity contribution in [3.8, 4) is 6.07 Å². The maximum Gasteiger partial charge on any atom is 0.0991 e. The normalized spacial score (nSPS) is 20.4. The maximum atomic E-state index is 8.64. The van der Waals surface area contributed by atoms with E-state index in [4.69, 9.17) is 5.26 Å². The fourth-order valence-corrected chi connectivity index (χ4v) is 2.68. The summed E-state index contributed by atoms with van der Waals surface area (Å²) in [6.07, 6.45) is 1.24. The van der Waals surface area contributed by atoms with Crippen LogP contribution in [0.25, 0.3) is 0 Å². The molecule has 1 fully saturated rings. The summed E-state index contributed by atoms with van der Waals surface area (Å²) in [5.74, 6) is 2.45. The number of nitrogens with zero attached hydrogens (tertiary/aromatic N) is 1. The molecule has 1 unspecified atom stereocenters. The van der Waals surface area contributed by atoms with Gasteiger partial charge in [-0.2, -0.15) is 17.0 Å². The molecule has 2 rings (SSSR count). The lowest BCUT2D eigenvalue weighted by atomic mass is 10.2. The Morgan fingerprint density at radius 1 is 1.36 bits per heavy atom. The summed E-state index contributed by atoms with van der Waals surface area (Å²) >= 11 is 1.99. The molecule has 0 aromatic heterocycles. The van der Waals surface area contributed by atoms with Gasteiger partial charge >= 0.3 is 0 Å². The summed E-state index contributed by atoms with van der Waals surface area (Å²) in [5.41, 5.74) is 1.84. The third-order valence-electron chi connectivity index (χ3n) is 2.31. The van der Waals surface area contributed by atoms with Crippen molar-refractivity contribution in [1.82, 2.24) is 0 Å². The maximum absolute atomic E-state index is 8.64. The number of nitrogens with one attached hydrogen (secondary N) is 1. The van der Waals surface area contributed by atoms with Gasteiger partial charge in [0.05, 0.1) is 11.6 Å². The first kappa shape index (κ1) is 9.42. The molecular weight excluding hydrogens is 192 g/mol. The standard InChI is InChI=1S/C11H12N2S/c12-7-9-1-3-10(4-2-9)13-11-5-6-14-8-11/h1-4,11,13H,5-6,8H2. The minimum atomic E-state index is 0.605. The van der Waals surface area contributed by atoms with Gasteiger partial charge in [0, 0.05) is 17.5 Å². The second-order valence-electron chi connectivity index (χ2n) is 3.39. The van der Waals surface area contributed by atoms with E-state index in [1.807, 2.05) is 36.0 Å². The number of rotatable bonds is 2. The van der Waals surface area contributed by atoms with Crippen LogP contribution in [-0.4, -0.2) is 17.5 Å². The Morgan fingerprint density at radius 3 is 2.71 bits per heavy atom. The fourth-order valence-electron chi connectivity index (χ4n) is 1.53. The predicted molar refractivity (Wildman–Crippen MR) is 60.5 cm³/mol. The first-order valence-corrected chi connectivity index (χ1v) is 5.88. The van der Waals surface area contributed by atoms with E-state index >= 15 is 0 Å². The summed E-state index contributed by atoms with van der Waals surface area (Å²) in [7, 11) is 0. The molecule has 0 aliphatic carbocycles. The molecule has 1 aromatic rings. The fraction of sp³-hybridized carbons (Fsp3) is 0.364. The Bertz CT molecular complexity index is 333. The third-order valence-corrected chi connectivity index (χ3v) is 3.48. The van der Waals surface area contributed by atoms with Crippen LogP contribution in [0.15, 0.2) is 24.3 Å². The van der Waals surface area contributed by atoms with E-state index in [1.165, 1.54) is 17.9 Å². The molecule has 72 valence electrons. The molecule has 0 radical (unpaired) electrons. The van der Waals surface area contributed by atoms with Crippen molar-refractivity contribution in [2.45, 2.75) is 12.5 Å². The van der Waals surface area contributed by atoms with E-state index in [1.54, 1.807) is 0 Å². The van der Waals surface area contributed by atoms with Gasteiger partial charge in [0.25, 0.3) is 0 Å². The molecule has 0 amide bonds. The van der Waals surface area contributed by atoms with Crippen LogP contribution < -0.4 is 5.32 Å². The molecule has 0 bridgehead atoms. The Kier molecular flexibility index (Phi) is 2.95. The number of thioether (sulfide) groups is 1. The van der Waals surface area contributed by atoms with Crippen molar-refractivity contribution in [3.05, 3.63) is 29.8 Å². The van der Waals surface area contributed by atoms with Crippen molar-refractivity contribution in [2.24, 2.45) is 0 Å². The first-order chi connectivity index (χ1) is 6.88. The SMILES string of the molecule is N#Cc1ccc(NC2CCSC2)cc1.